The second kappa shape index (κ2) is 5.13. The molecule has 20 heavy (non-hydrogen) atoms. The molecule has 5 heteroatoms. The van der Waals surface area contributed by atoms with Crippen molar-refractivity contribution in [1.82, 2.24) is 0 Å². The van der Waals surface area contributed by atoms with E-state index in [-0.39, 0.29) is 21.3 Å². The highest BCUT2D eigenvalue weighted by atomic mass is 32.1. The SMILES string of the molecule is COC1=CC2(C)C(C)C(=S)/C(=C\C=O)[N+](C)(S)C2C=C1. The summed E-state index contributed by atoms with van der Waals surface area (Å²) in [4.78, 5) is 11.7. The number of allylic oxidation sites excluding steroid dienone is 3. The van der Waals surface area contributed by atoms with Crippen molar-refractivity contribution in [3.63, 3.8) is 0 Å². The van der Waals surface area contributed by atoms with Gasteiger partial charge in [0, 0.05) is 12.0 Å². The summed E-state index contributed by atoms with van der Waals surface area (Å²) in [7, 11) is 3.63. The maximum absolute atomic E-state index is 10.9. The molecule has 0 amide bonds. The third kappa shape index (κ3) is 2.08. The van der Waals surface area contributed by atoms with Crippen LogP contribution in [0.5, 0.6) is 0 Å². The normalized spacial score (nSPS) is 42.1. The maximum Gasteiger partial charge on any atom is 0.162 e. The van der Waals surface area contributed by atoms with E-state index in [1.54, 1.807) is 7.11 Å². The monoisotopic (exact) mass is 310 g/mol. The molecule has 1 saturated heterocycles. The van der Waals surface area contributed by atoms with Crippen LogP contribution in [0.25, 0.3) is 0 Å². The van der Waals surface area contributed by atoms with E-state index < -0.39 is 0 Å². The zero-order valence-corrected chi connectivity index (χ0v) is 13.9. The summed E-state index contributed by atoms with van der Waals surface area (Å²) in [6.07, 6.45) is 8.50. The van der Waals surface area contributed by atoms with E-state index in [4.69, 9.17) is 29.8 Å². The molecule has 0 spiro atoms. The van der Waals surface area contributed by atoms with Crippen molar-refractivity contribution in [3.05, 3.63) is 35.8 Å². The van der Waals surface area contributed by atoms with E-state index in [9.17, 15) is 4.79 Å². The van der Waals surface area contributed by atoms with Gasteiger partial charge in [0.15, 0.2) is 5.70 Å². The number of likely N-dealkylation sites (tertiary alicyclic amines) is 1. The lowest BCUT2D eigenvalue weighted by molar-refractivity contribution is -0.757. The Morgan fingerprint density at radius 3 is 2.75 bits per heavy atom. The second-order valence-corrected chi connectivity index (χ2v) is 6.99. The average molecular weight is 310 g/mol. The van der Waals surface area contributed by atoms with Crippen molar-refractivity contribution in [2.24, 2.45) is 11.3 Å². The molecule has 4 unspecified atom stereocenters. The zero-order chi connectivity index (χ0) is 15.1. The third-order valence-electron chi connectivity index (χ3n) is 4.60. The Hall–Kier alpha value is -0.910. The zero-order valence-electron chi connectivity index (χ0n) is 12.2. The van der Waals surface area contributed by atoms with E-state index in [1.165, 1.54) is 6.08 Å². The minimum Gasteiger partial charge on any atom is -0.497 e. The van der Waals surface area contributed by atoms with Crippen LogP contribution in [0.4, 0.5) is 0 Å². The first-order valence-corrected chi connectivity index (χ1v) is 7.34. The van der Waals surface area contributed by atoms with Gasteiger partial charge in [0.05, 0.1) is 37.3 Å². The number of thiocarbonyl (C=S) groups is 1. The van der Waals surface area contributed by atoms with Gasteiger partial charge in [-0.15, -0.1) is 0 Å². The highest BCUT2D eigenvalue weighted by Gasteiger charge is 2.56. The number of fused-ring (bicyclic) bond motifs is 1. The number of ether oxygens (including phenoxy) is 1. The Morgan fingerprint density at radius 2 is 2.20 bits per heavy atom. The lowest BCUT2D eigenvalue weighted by Crippen LogP contribution is -2.61. The lowest BCUT2D eigenvalue weighted by atomic mass is 9.65. The molecule has 1 aliphatic heterocycles. The van der Waals surface area contributed by atoms with Gasteiger partial charge in [-0.3, -0.25) is 4.79 Å². The maximum atomic E-state index is 10.9. The summed E-state index contributed by atoms with van der Waals surface area (Å²) in [5.74, 6) is 0.969. The Balaban J connectivity index is 2.60. The summed E-state index contributed by atoms with van der Waals surface area (Å²) >= 11 is 10.4. The molecule has 4 atom stereocenters. The third-order valence-corrected chi connectivity index (χ3v) is 5.63. The summed E-state index contributed by atoms with van der Waals surface area (Å²) in [5, 5.41) is 0. The highest BCUT2D eigenvalue weighted by molar-refractivity contribution is 7.81. The van der Waals surface area contributed by atoms with Gasteiger partial charge in [-0.05, 0) is 25.2 Å². The molecule has 3 nitrogen and oxygen atoms in total. The number of hydrogen-bond acceptors (Lipinski definition) is 4. The number of rotatable bonds is 2. The molecule has 1 fully saturated rings. The molecule has 0 saturated carbocycles. The Bertz CT molecular complexity index is 548. The quantitative estimate of drug-likeness (QED) is 0.279. The minimum absolute atomic E-state index is 0.0950. The van der Waals surface area contributed by atoms with E-state index in [1.807, 2.05) is 13.1 Å². The predicted octanol–water partition coefficient (Wildman–Crippen LogP) is 2.86. The number of aldehydes is 1. The van der Waals surface area contributed by atoms with Crippen molar-refractivity contribution in [2.75, 3.05) is 14.2 Å². The van der Waals surface area contributed by atoms with E-state index in [0.717, 1.165) is 22.6 Å². The largest absolute Gasteiger partial charge is 0.497 e. The highest BCUT2D eigenvalue weighted by Crippen LogP contribution is 2.51. The van der Waals surface area contributed by atoms with Crippen LogP contribution in [0, 0.1) is 11.3 Å². The van der Waals surface area contributed by atoms with E-state index in [0.29, 0.717) is 0 Å². The second-order valence-electron chi connectivity index (χ2n) is 5.72. The number of likely N-dealkylation sites (N-methyl/N-ethyl adjacent to an activating group) is 1. The van der Waals surface area contributed by atoms with E-state index in [2.05, 4.69) is 26.0 Å². The van der Waals surface area contributed by atoms with Crippen LogP contribution >= 0.6 is 25.0 Å². The van der Waals surface area contributed by atoms with Gasteiger partial charge in [-0.2, -0.15) is 0 Å². The topological polar surface area (TPSA) is 26.3 Å². The first-order chi connectivity index (χ1) is 9.29. The number of carbonyl (C=O) groups is 1. The van der Waals surface area contributed by atoms with Gasteiger partial charge >= 0.3 is 0 Å². The Kier molecular flexibility index (Phi) is 3.97. The standard InChI is InChI=1S/C15H20NO2S2/c1-10-14(19)12(7-8-17)16(3,20)13-6-5-11(18-4)9-15(10,13)2/h5-10,13,20H,1-4H3/q+1/b12-7+. The lowest BCUT2D eigenvalue weighted by Gasteiger charge is -2.52. The number of carbonyl (C=O) groups excluding carboxylic acids is 1. The molecule has 0 bridgehead atoms. The van der Waals surface area contributed by atoms with Crippen molar-refractivity contribution < 1.29 is 13.4 Å². The molecular weight excluding hydrogens is 290 g/mol. The number of nitrogens with zero attached hydrogens (tertiary/aromatic N) is 1. The van der Waals surface area contributed by atoms with Gasteiger partial charge in [0.1, 0.15) is 18.1 Å². The van der Waals surface area contributed by atoms with Gasteiger partial charge in [0.2, 0.25) is 0 Å². The molecule has 1 aliphatic carbocycles. The van der Waals surface area contributed by atoms with Crippen LogP contribution < -0.4 is 0 Å². The predicted molar refractivity (Wildman–Crippen MR) is 87.2 cm³/mol. The summed E-state index contributed by atoms with van der Waals surface area (Å²) in [5.41, 5.74) is 0.612. The number of methoxy groups -OCH3 is 1. The Morgan fingerprint density at radius 1 is 1.55 bits per heavy atom. The molecule has 0 aromatic carbocycles. The number of thiol groups is 1. The summed E-state index contributed by atoms with van der Waals surface area (Å²) < 4.78 is 5.64. The molecule has 2 aliphatic rings. The van der Waals surface area contributed by atoms with Crippen LogP contribution in [0.3, 0.4) is 0 Å². The fraction of sp³-hybridized carbons (Fsp3) is 0.467. The van der Waals surface area contributed by atoms with Crippen molar-refractivity contribution in [2.45, 2.75) is 19.9 Å². The Labute approximate surface area is 131 Å². The van der Waals surface area contributed by atoms with Gasteiger partial charge < -0.3 is 4.74 Å². The fourth-order valence-electron chi connectivity index (χ4n) is 3.23. The molecular formula is C15H20NO2S2+. The molecule has 0 aromatic heterocycles. The van der Waals surface area contributed by atoms with Gasteiger partial charge in [-0.25, -0.2) is 3.89 Å². The molecule has 0 radical (unpaired) electrons. The number of piperidine rings is 1. The van der Waals surface area contributed by atoms with Crippen LogP contribution in [0.1, 0.15) is 13.8 Å². The van der Waals surface area contributed by atoms with Crippen LogP contribution in [0.2, 0.25) is 0 Å². The van der Waals surface area contributed by atoms with Crippen LogP contribution in [-0.2, 0) is 9.53 Å². The first-order valence-electron chi connectivity index (χ1n) is 6.53. The average Bonchev–Trinajstić information content (AvgIpc) is 2.41. The van der Waals surface area contributed by atoms with Crippen LogP contribution in [-0.4, -0.2) is 35.2 Å². The summed E-state index contributed by atoms with van der Waals surface area (Å²) in [6.45, 7) is 4.27. The molecule has 0 N–H and O–H groups in total. The van der Waals surface area contributed by atoms with Crippen molar-refractivity contribution in [1.29, 1.82) is 0 Å². The fourth-order valence-corrected chi connectivity index (χ4v) is 4.30. The molecule has 1 heterocycles. The van der Waals surface area contributed by atoms with E-state index >= 15 is 0 Å². The number of quaternary nitrogens is 1. The molecule has 108 valence electrons. The number of hydrogen-bond donors (Lipinski definition) is 1. The minimum atomic E-state index is -0.187. The first kappa shape index (κ1) is 15.5. The molecule has 2 rings (SSSR count). The van der Waals surface area contributed by atoms with Gasteiger partial charge in [-0.1, -0.05) is 19.1 Å². The smallest absolute Gasteiger partial charge is 0.162 e. The van der Waals surface area contributed by atoms with Crippen LogP contribution in [0.15, 0.2) is 35.8 Å². The molecule has 0 aromatic rings. The summed E-state index contributed by atoms with van der Waals surface area (Å²) in [6, 6.07) is 0.0950. The van der Waals surface area contributed by atoms with Crippen molar-refractivity contribution >= 4 is 36.2 Å². The van der Waals surface area contributed by atoms with Gasteiger partial charge in [0.25, 0.3) is 0 Å². The van der Waals surface area contributed by atoms with Crippen molar-refractivity contribution in [3.8, 4) is 0 Å².